The number of hydrogen-bond donors (Lipinski definition) is 2. The lowest BCUT2D eigenvalue weighted by Gasteiger charge is -2.22. The molecule has 10 nitrogen and oxygen atoms in total. The highest BCUT2D eigenvalue weighted by molar-refractivity contribution is 5.97. The number of alkyl halides is 6. The largest absolute Gasteiger partial charge is 0.573 e. The number of nitrogens with zero attached hydrogens (tertiary/aromatic N) is 5. The van der Waals surface area contributed by atoms with Crippen molar-refractivity contribution in [2.24, 2.45) is 0 Å². The van der Waals surface area contributed by atoms with Gasteiger partial charge in [0.05, 0.1) is 18.4 Å². The molecule has 0 saturated carbocycles. The summed E-state index contributed by atoms with van der Waals surface area (Å²) in [5.74, 6) is -3.26. The van der Waals surface area contributed by atoms with E-state index in [-0.39, 0.29) is 23.7 Å². The fourth-order valence-electron chi connectivity index (χ4n) is 4.23. The monoisotopic (exact) mass is 558 g/mol. The minimum atomic E-state index is -5.08. The zero-order chi connectivity index (χ0) is 28.4. The molecule has 39 heavy (non-hydrogen) atoms. The maximum absolute atomic E-state index is 13.1. The minimum absolute atomic E-state index is 0.0252. The molecule has 2 aromatic heterocycles. The van der Waals surface area contributed by atoms with Gasteiger partial charge in [-0.1, -0.05) is 23.4 Å². The second kappa shape index (κ2) is 10.9. The normalized spacial score (nSPS) is 18.9. The van der Waals surface area contributed by atoms with Gasteiger partial charge in [-0.15, -0.1) is 18.3 Å². The molecular weight excluding hydrogens is 538 g/mol. The summed E-state index contributed by atoms with van der Waals surface area (Å²) in [6.07, 6.45) is -5.65. The molecule has 3 aromatic rings. The van der Waals surface area contributed by atoms with Crippen LogP contribution in [0.1, 0.15) is 22.5 Å². The lowest BCUT2D eigenvalue weighted by atomic mass is 10.1. The molecule has 1 amide bonds. The van der Waals surface area contributed by atoms with E-state index in [9.17, 15) is 31.1 Å². The lowest BCUT2D eigenvalue weighted by Crippen LogP contribution is -2.37. The van der Waals surface area contributed by atoms with Gasteiger partial charge in [0.15, 0.2) is 0 Å². The molecular formula is C23H20F6N6O4. The summed E-state index contributed by atoms with van der Waals surface area (Å²) < 4.78 is 75.1. The van der Waals surface area contributed by atoms with Crippen LogP contribution in [-0.4, -0.2) is 73.0 Å². The van der Waals surface area contributed by atoms with Crippen molar-refractivity contribution in [2.75, 3.05) is 6.54 Å². The minimum Gasteiger partial charge on any atom is -0.475 e. The van der Waals surface area contributed by atoms with E-state index in [2.05, 4.69) is 25.3 Å². The molecule has 208 valence electrons. The highest BCUT2D eigenvalue weighted by atomic mass is 19.4. The first-order valence-corrected chi connectivity index (χ1v) is 11.3. The van der Waals surface area contributed by atoms with E-state index < -0.39 is 18.5 Å². The van der Waals surface area contributed by atoms with Crippen LogP contribution < -0.4 is 10.1 Å². The van der Waals surface area contributed by atoms with E-state index in [1.807, 2.05) is 6.07 Å². The lowest BCUT2D eigenvalue weighted by molar-refractivity contribution is -0.274. The van der Waals surface area contributed by atoms with Gasteiger partial charge in [-0.3, -0.25) is 9.48 Å². The Morgan fingerprint density at radius 1 is 1.15 bits per heavy atom. The third-order valence-corrected chi connectivity index (χ3v) is 5.91. The molecule has 2 atom stereocenters. The van der Waals surface area contributed by atoms with Crippen LogP contribution in [0.2, 0.25) is 0 Å². The van der Waals surface area contributed by atoms with Crippen LogP contribution in [-0.2, 0) is 17.9 Å². The van der Waals surface area contributed by atoms with Gasteiger partial charge in [0, 0.05) is 42.5 Å². The third-order valence-electron chi connectivity index (χ3n) is 5.91. The Morgan fingerprint density at radius 3 is 2.54 bits per heavy atom. The number of carboxylic acid groups (broad SMARTS) is 1. The molecule has 0 spiro atoms. The Bertz CT molecular complexity index is 1330. The molecule has 0 aliphatic carbocycles. The summed E-state index contributed by atoms with van der Waals surface area (Å²) in [6.45, 7) is 1.80. The van der Waals surface area contributed by atoms with Gasteiger partial charge in [-0.25, -0.2) is 9.78 Å². The van der Waals surface area contributed by atoms with Crippen LogP contribution in [0.15, 0.2) is 48.8 Å². The fraction of sp³-hybridized carbons (Fsp3) is 0.348. The van der Waals surface area contributed by atoms with Crippen molar-refractivity contribution in [3.8, 4) is 17.0 Å². The number of aromatic nitrogens is 4. The fourth-order valence-corrected chi connectivity index (χ4v) is 4.23. The standard InChI is InChI=1S/C21H19F3N6O2.C2HF3O2/c22-21(23,24)32-17-3-1-2-13(8-17)18-5-4-14-11-30(20(31)19(14)27-18)16-9-15(25-10-16)12-29-7-6-26-28-29;3-2(4,5)1(6)7/h1-8,15-16,25H,9-12H2;(H,6,7)/t15-,16+;/m0./s1. The molecule has 2 aliphatic rings. The summed E-state index contributed by atoms with van der Waals surface area (Å²) in [5.41, 5.74) is 2.00. The Balaban J connectivity index is 0.000000448. The molecule has 16 heteroatoms. The van der Waals surface area contributed by atoms with Crippen molar-refractivity contribution >= 4 is 11.9 Å². The summed E-state index contributed by atoms with van der Waals surface area (Å²) >= 11 is 0. The van der Waals surface area contributed by atoms with Crippen molar-refractivity contribution in [1.82, 2.24) is 30.2 Å². The highest BCUT2D eigenvalue weighted by Crippen LogP contribution is 2.31. The maximum Gasteiger partial charge on any atom is 0.573 e. The number of carbonyl (C=O) groups excluding carboxylic acids is 1. The van der Waals surface area contributed by atoms with E-state index in [0.29, 0.717) is 36.6 Å². The number of hydrogen-bond acceptors (Lipinski definition) is 7. The number of fused-ring (bicyclic) bond motifs is 1. The van der Waals surface area contributed by atoms with Crippen molar-refractivity contribution in [1.29, 1.82) is 0 Å². The third kappa shape index (κ3) is 7.01. The average molecular weight is 558 g/mol. The van der Waals surface area contributed by atoms with E-state index in [4.69, 9.17) is 9.90 Å². The van der Waals surface area contributed by atoms with Gasteiger partial charge in [-0.05, 0) is 24.6 Å². The predicted octanol–water partition coefficient (Wildman–Crippen LogP) is 3.26. The number of carbonyl (C=O) groups is 2. The van der Waals surface area contributed by atoms with Crippen LogP contribution in [0, 0.1) is 0 Å². The molecule has 1 fully saturated rings. The van der Waals surface area contributed by atoms with Crippen molar-refractivity contribution in [3.05, 3.63) is 60.0 Å². The zero-order valence-corrected chi connectivity index (χ0v) is 19.8. The number of rotatable bonds is 5. The second-order valence-corrected chi connectivity index (χ2v) is 8.64. The topological polar surface area (TPSA) is 122 Å². The van der Waals surface area contributed by atoms with Crippen LogP contribution in [0.5, 0.6) is 5.75 Å². The number of benzene rings is 1. The summed E-state index contributed by atoms with van der Waals surface area (Å²) in [5, 5.41) is 18.3. The molecule has 0 bridgehead atoms. The molecule has 2 aliphatic heterocycles. The summed E-state index contributed by atoms with van der Waals surface area (Å²) in [6, 6.07) is 9.29. The van der Waals surface area contributed by atoms with Gasteiger partial charge < -0.3 is 20.1 Å². The van der Waals surface area contributed by atoms with E-state index >= 15 is 0 Å². The van der Waals surface area contributed by atoms with Gasteiger partial charge in [0.1, 0.15) is 11.4 Å². The van der Waals surface area contributed by atoms with Crippen molar-refractivity contribution < 1.29 is 45.8 Å². The van der Waals surface area contributed by atoms with Crippen LogP contribution in [0.25, 0.3) is 11.3 Å². The highest BCUT2D eigenvalue weighted by Gasteiger charge is 2.39. The number of aliphatic carboxylic acids is 1. The quantitative estimate of drug-likeness (QED) is 0.458. The Morgan fingerprint density at radius 2 is 1.90 bits per heavy atom. The van der Waals surface area contributed by atoms with Gasteiger partial charge in [-0.2, -0.15) is 13.2 Å². The van der Waals surface area contributed by atoms with Crippen LogP contribution in [0.3, 0.4) is 0 Å². The van der Waals surface area contributed by atoms with Gasteiger partial charge in [0.25, 0.3) is 5.91 Å². The molecule has 1 aromatic carbocycles. The Labute approximate surface area is 216 Å². The molecule has 5 rings (SSSR count). The van der Waals surface area contributed by atoms with E-state index in [1.165, 1.54) is 18.2 Å². The average Bonchev–Trinajstić information content (AvgIpc) is 3.59. The number of pyridine rings is 1. The first-order valence-electron chi connectivity index (χ1n) is 11.3. The number of ether oxygens (including phenoxy) is 1. The Kier molecular flexibility index (Phi) is 7.76. The van der Waals surface area contributed by atoms with Crippen molar-refractivity contribution in [2.45, 2.75) is 44.1 Å². The maximum atomic E-state index is 13.1. The molecule has 0 radical (unpaired) electrons. The predicted molar refractivity (Wildman–Crippen MR) is 120 cm³/mol. The SMILES string of the molecule is O=C(O)C(F)(F)F.O=C1c2nc(-c3cccc(OC(F)(F)F)c3)ccc2CN1[C@H]1CN[C@H](Cn2ccnn2)C1. The number of nitrogens with one attached hydrogen (secondary N) is 1. The smallest absolute Gasteiger partial charge is 0.475 e. The second-order valence-electron chi connectivity index (χ2n) is 8.64. The van der Waals surface area contributed by atoms with Crippen LogP contribution >= 0.6 is 0 Å². The number of carboxylic acids is 1. The summed E-state index contributed by atoms with van der Waals surface area (Å²) in [4.78, 5) is 28.3. The van der Waals surface area contributed by atoms with E-state index in [1.54, 1.807) is 34.1 Å². The van der Waals surface area contributed by atoms with Gasteiger partial charge in [0.2, 0.25) is 0 Å². The summed E-state index contributed by atoms with van der Waals surface area (Å²) in [7, 11) is 0. The number of halogens is 6. The molecule has 2 N–H and O–H groups in total. The van der Waals surface area contributed by atoms with Gasteiger partial charge >= 0.3 is 18.5 Å². The van der Waals surface area contributed by atoms with E-state index in [0.717, 1.165) is 12.0 Å². The van der Waals surface area contributed by atoms with Crippen molar-refractivity contribution in [3.63, 3.8) is 0 Å². The first-order chi connectivity index (χ1) is 18.3. The van der Waals surface area contributed by atoms with Crippen LogP contribution in [0.4, 0.5) is 26.3 Å². The zero-order valence-electron chi connectivity index (χ0n) is 19.8. The molecule has 1 saturated heterocycles. The Hall–Kier alpha value is -4.21. The molecule has 4 heterocycles. The first kappa shape index (κ1) is 27.8. The molecule has 0 unspecified atom stereocenters. The number of amides is 1.